The highest BCUT2D eigenvalue weighted by Crippen LogP contribution is 2.15. The number of hydrogen-bond donors (Lipinski definition) is 2. The molecule has 0 fully saturated rings. The fraction of sp³-hybridized carbons (Fsp3) is 0.286. The minimum absolute atomic E-state index is 0.120. The maximum atomic E-state index is 11.2. The Morgan fingerprint density at radius 2 is 2.36 bits per heavy atom. The number of carbonyl (C=O) groups is 1. The van der Waals surface area contributed by atoms with Gasteiger partial charge in [0.25, 0.3) is 0 Å². The van der Waals surface area contributed by atoms with E-state index in [0.29, 0.717) is 6.42 Å². The van der Waals surface area contributed by atoms with Gasteiger partial charge in [0.2, 0.25) is 0 Å². The number of rotatable bonds is 3. The van der Waals surface area contributed by atoms with Crippen LogP contribution in [0.1, 0.15) is 16.1 Å². The lowest BCUT2D eigenvalue weighted by Crippen LogP contribution is -2.01. The first-order valence-electron chi connectivity index (χ1n) is 3.13. The minimum Gasteiger partial charge on any atom is -0.293 e. The van der Waals surface area contributed by atoms with Gasteiger partial charge in [0.05, 0.1) is 9.46 Å². The van der Waals surface area contributed by atoms with E-state index >= 15 is 0 Å². The fourth-order valence-electron chi connectivity index (χ4n) is 0.704. The smallest absolute Gasteiger partial charge is 0.174 e. The van der Waals surface area contributed by atoms with Gasteiger partial charge in [0.1, 0.15) is 0 Å². The molecular formula is C7H8OS3. The molecular weight excluding hydrogens is 196 g/mol. The summed E-state index contributed by atoms with van der Waals surface area (Å²) in [5.41, 5.74) is 0. The van der Waals surface area contributed by atoms with Gasteiger partial charge in [0, 0.05) is 6.42 Å². The number of carbonyl (C=O) groups excluding carboxylic acids is 1. The van der Waals surface area contributed by atoms with Crippen LogP contribution in [0, 0.1) is 0 Å². The molecule has 0 aliphatic heterocycles. The monoisotopic (exact) mass is 204 g/mol. The van der Waals surface area contributed by atoms with Crippen molar-refractivity contribution in [2.75, 3.05) is 0 Å². The summed E-state index contributed by atoms with van der Waals surface area (Å²) in [4.78, 5) is 12.0. The van der Waals surface area contributed by atoms with Crippen molar-refractivity contribution in [1.29, 1.82) is 0 Å². The van der Waals surface area contributed by atoms with E-state index in [2.05, 4.69) is 25.3 Å². The van der Waals surface area contributed by atoms with E-state index in [4.69, 9.17) is 0 Å². The van der Waals surface area contributed by atoms with Crippen LogP contribution < -0.4 is 0 Å². The van der Waals surface area contributed by atoms with Crippen molar-refractivity contribution in [1.82, 2.24) is 0 Å². The highest BCUT2D eigenvalue weighted by molar-refractivity contribution is 7.99. The molecule has 0 spiro atoms. The molecule has 1 rings (SSSR count). The van der Waals surface area contributed by atoms with E-state index in [0.717, 1.165) is 4.88 Å². The second kappa shape index (κ2) is 4.18. The summed E-state index contributed by atoms with van der Waals surface area (Å²) in [6, 6.07) is 3.68. The summed E-state index contributed by atoms with van der Waals surface area (Å²) in [6.07, 6.45) is 0.396. The molecule has 0 saturated heterocycles. The van der Waals surface area contributed by atoms with Gasteiger partial charge in [-0.05, 0) is 11.4 Å². The van der Waals surface area contributed by atoms with E-state index in [-0.39, 0.29) is 10.4 Å². The SMILES string of the molecule is O=C(CC(S)S)c1cccs1. The molecule has 1 nitrogen and oxygen atoms in total. The van der Waals surface area contributed by atoms with Crippen LogP contribution in [0.3, 0.4) is 0 Å². The lowest BCUT2D eigenvalue weighted by atomic mass is 10.2. The topological polar surface area (TPSA) is 17.1 Å². The number of ketones is 1. The molecule has 0 N–H and O–H groups in total. The summed E-state index contributed by atoms with van der Waals surface area (Å²) in [5.74, 6) is 0.120. The predicted molar refractivity (Wildman–Crippen MR) is 55.0 cm³/mol. The molecule has 0 aliphatic carbocycles. The zero-order chi connectivity index (χ0) is 8.27. The zero-order valence-electron chi connectivity index (χ0n) is 5.73. The van der Waals surface area contributed by atoms with E-state index in [1.807, 2.05) is 17.5 Å². The van der Waals surface area contributed by atoms with Crippen LogP contribution in [0.15, 0.2) is 17.5 Å². The molecule has 0 aliphatic rings. The molecule has 0 atom stereocenters. The Kier molecular flexibility index (Phi) is 3.48. The lowest BCUT2D eigenvalue weighted by Gasteiger charge is -1.98. The molecule has 11 heavy (non-hydrogen) atoms. The Morgan fingerprint density at radius 1 is 1.64 bits per heavy atom. The van der Waals surface area contributed by atoms with E-state index < -0.39 is 0 Å². The van der Waals surface area contributed by atoms with Crippen LogP contribution in [0.2, 0.25) is 0 Å². The van der Waals surface area contributed by atoms with Crippen molar-refractivity contribution in [2.24, 2.45) is 0 Å². The van der Waals surface area contributed by atoms with E-state index in [1.165, 1.54) is 11.3 Å². The third kappa shape index (κ3) is 2.89. The highest BCUT2D eigenvalue weighted by atomic mass is 32.2. The molecule has 0 amide bonds. The van der Waals surface area contributed by atoms with Gasteiger partial charge in [-0.25, -0.2) is 0 Å². The average molecular weight is 204 g/mol. The van der Waals surface area contributed by atoms with E-state index in [9.17, 15) is 4.79 Å². The molecule has 0 saturated carbocycles. The van der Waals surface area contributed by atoms with Crippen LogP contribution in [-0.2, 0) is 0 Å². The highest BCUT2D eigenvalue weighted by Gasteiger charge is 2.08. The number of hydrogen-bond acceptors (Lipinski definition) is 4. The fourth-order valence-corrected chi connectivity index (χ4v) is 1.71. The largest absolute Gasteiger partial charge is 0.293 e. The molecule has 1 heterocycles. The Morgan fingerprint density at radius 3 is 2.82 bits per heavy atom. The standard InChI is InChI=1S/C7H8OS3/c8-5(4-7(9)10)6-2-1-3-11-6/h1-3,7,9-10H,4H2. The Hall–Kier alpha value is 0.0700. The molecule has 0 bridgehead atoms. The summed E-state index contributed by atoms with van der Waals surface area (Å²) < 4.78 is -0.149. The molecule has 4 heteroatoms. The van der Waals surface area contributed by atoms with E-state index in [1.54, 1.807) is 0 Å². The van der Waals surface area contributed by atoms with Crippen molar-refractivity contribution in [2.45, 2.75) is 11.0 Å². The quantitative estimate of drug-likeness (QED) is 0.439. The summed E-state index contributed by atoms with van der Waals surface area (Å²) in [5, 5.41) is 1.89. The Labute approximate surface area is 80.6 Å². The predicted octanol–water partition coefficient (Wildman–Crippen LogP) is 2.51. The normalized spacial score (nSPS) is 10.5. The van der Waals surface area contributed by atoms with Crippen molar-refractivity contribution in [3.63, 3.8) is 0 Å². The van der Waals surface area contributed by atoms with Crippen LogP contribution in [-0.4, -0.2) is 10.4 Å². The number of thiophene rings is 1. The van der Waals surface area contributed by atoms with Gasteiger partial charge in [0.15, 0.2) is 5.78 Å². The van der Waals surface area contributed by atoms with Crippen LogP contribution in [0.25, 0.3) is 0 Å². The van der Waals surface area contributed by atoms with Gasteiger partial charge in [-0.15, -0.1) is 11.3 Å². The lowest BCUT2D eigenvalue weighted by molar-refractivity contribution is 0.0991. The third-order valence-electron chi connectivity index (χ3n) is 1.16. The van der Waals surface area contributed by atoms with Crippen molar-refractivity contribution in [3.05, 3.63) is 22.4 Å². The minimum atomic E-state index is -0.149. The van der Waals surface area contributed by atoms with Gasteiger partial charge < -0.3 is 0 Å². The summed E-state index contributed by atoms with van der Waals surface area (Å²) >= 11 is 9.49. The first-order chi connectivity index (χ1) is 5.20. The average Bonchev–Trinajstić information content (AvgIpc) is 2.35. The molecule has 0 unspecified atom stereocenters. The molecule has 60 valence electrons. The van der Waals surface area contributed by atoms with Crippen LogP contribution in [0.4, 0.5) is 0 Å². The second-order valence-electron chi connectivity index (χ2n) is 2.09. The van der Waals surface area contributed by atoms with Gasteiger partial charge in [-0.1, -0.05) is 6.07 Å². The van der Waals surface area contributed by atoms with Gasteiger partial charge in [-0.2, -0.15) is 25.3 Å². The van der Waals surface area contributed by atoms with Gasteiger partial charge >= 0.3 is 0 Å². The maximum Gasteiger partial charge on any atom is 0.174 e. The Balaban J connectivity index is 2.57. The maximum absolute atomic E-state index is 11.2. The third-order valence-corrected chi connectivity index (χ3v) is 2.44. The number of Topliss-reactive ketones (excluding diaryl/α,β-unsaturated/α-hetero) is 1. The number of thiol groups is 2. The summed E-state index contributed by atoms with van der Waals surface area (Å²) in [6.45, 7) is 0. The molecule has 0 aromatic carbocycles. The van der Waals surface area contributed by atoms with Crippen molar-refractivity contribution < 1.29 is 4.79 Å². The molecule has 1 aromatic rings. The first kappa shape index (κ1) is 9.16. The summed E-state index contributed by atoms with van der Waals surface area (Å²) in [7, 11) is 0. The zero-order valence-corrected chi connectivity index (χ0v) is 8.33. The van der Waals surface area contributed by atoms with Crippen LogP contribution in [0.5, 0.6) is 0 Å². The second-order valence-corrected chi connectivity index (χ2v) is 4.69. The van der Waals surface area contributed by atoms with Gasteiger partial charge in [-0.3, -0.25) is 4.79 Å². The first-order valence-corrected chi connectivity index (χ1v) is 5.04. The molecule has 0 radical (unpaired) electrons. The van der Waals surface area contributed by atoms with Crippen LogP contribution >= 0.6 is 36.6 Å². The molecule has 1 aromatic heterocycles. The Bertz CT molecular complexity index is 228. The van der Waals surface area contributed by atoms with Crippen molar-refractivity contribution >= 4 is 42.4 Å². The van der Waals surface area contributed by atoms with Crippen molar-refractivity contribution in [3.8, 4) is 0 Å².